The minimum absolute atomic E-state index is 0.509. The quantitative estimate of drug-likeness (QED) is 0.943. The molecule has 116 valence electrons. The molecule has 1 atom stereocenters. The monoisotopic (exact) mass is 297 g/mol. The lowest BCUT2D eigenvalue weighted by molar-refractivity contribution is -0.0330. The molecule has 4 heteroatoms. The summed E-state index contributed by atoms with van der Waals surface area (Å²) in [5, 5.41) is 18.7. The zero-order valence-electron chi connectivity index (χ0n) is 12.9. The van der Waals surface area contributed by atoms with Crippen LogP contribution in [0, 0.1) is 5.92 Å². The molecular formula is C18H23N3O. The Labute approximate surface area is 131 Å². The first-order chi connectivity index (χ1) is 10.7. The Bertz CT molecular complexity index is 660. The Hall–Kier alpha value is -1.68. The maximum atomic E-state index is 10.2. The second-order valence-corrected chi connectivity index (χ2v) is 7.06. The van der Waals surface area contributed by atoms with Crippen LogP contribution in [0.4, 0.5) is 0 Å². The van der Waals surface area contributed by atoms with Gasteiger partial charge in [0.2, 0.25) is 0 Å². The number of aryl methyl sites for hydroxylation is 1. The van der Waals surface area contributed by atoms with Gasteiger partial charge in [0.1, 0.15) is 0 Å². The number of benzene rings is 1. The van der Waals surface area contributed by atoms with Gasteiger partial charge in [0.15, 0.2) is 0 Å². The van der Waals surface area contributed by atoms with Gasteiger partial charge in [0.25, 0.3) is 0 Å². The summed E-state index contributed by atoms with van der Waals surface area (Å²) in [6.07, 6.45) is 9.13. The van der Waals surface area contributed by atoms with Crippen molar-refractivity contribution in [3.8, 4) is 0 Å². The predicted molar refractivity (Wildman–Crippen MR) is 84.5 cm³/mol. The molecule has 0 spiro atoms. The molecule has 2 aromatic rings. The third kappa shape index (κ3) is 2.80. The smallest absolute Gasteiger partial charge is 0.0855 e. The number of hydrogen-bond donors (Lipinski definition) is 1. The van der Waals surface area contributed by atoms with E-state index >= 15 is 0 Å². The van der Waals surface area contributed by atoms with E-state index in [0.29, 0.717) is 12.3 Å². The van der Waals surface area contributed by atoms with Gasteiger partial charge in [-0.2, -0.15) is 0 Å². The number of aromatic nitrogens is 3. The van der Waals surface area contributed by atoms with Crippen LogP contribution in [0.5, 0.6) is 0 Å². The summed E-state index contributed by atoms with van der Waals surface area (Å²) >= 11 is 0. The highest BCUT2D eigenvalue weighted by atomic mass is 16.3. The summed E-state index contributed by atoms with van der Waals surface area (Å²) in [6, 6.07) is 8.76. The average Bonchev–Trinajstić information content (AvgIpc) is 2.92. The highest BCUT2D eigenvalue weighted by Gasteiger charge is 2.35. The molecule has 0 bridgehead atoms. The summed E-state index contributed by atoms with van der Waals surface area (Å²) in [7, 11) is 0. The Kier molecular flexibility index (Phi) is 3.49. The molecule has 0 amide bonds. The molecule has 2 aliphatic rings. The van der Waals surface area contributed by atoms with Crippen molar-refractivity contribution in [3.05, 3.63) is 47.3 Å². The molecule has 22 heavy (non-hydrogen) atoms. The fourth-order valence-electron chi connectivity index (χ4n) is 3.80. The second kappa shape index (κ2) is 5.51. The van der Waals surface area contributed by atoms with Gasteiger partial charge in [-0.1, -0.05) is 29.5 Å². The summed E-state index contributed by atoms with van der Waals surface area (Å²) < 4.78 is 1.97. The van der Waals surface area contributed by atoms with Gasteiger partial charge in [-0.15, -0.1) is 5.10 Å². The van der Waals surface area contributed by atoms with Crippen molar-refractivity contribution in [2.45, 2.75) is 57.1 Å². The van der Waals surface area contributed by atoms with Gasteiger partial charge in [0.05, 0.1) is 11.3 Å². The molecule has 1 saturated carbocycles. The fourth-order valence-corrected chi connectivity index (χ4v) is 3.80. The van der Waals surface area contributed by atoms with E-state index in [1.807, 2.05) is 10.9 Å². The number of rotatable bonds is 4. The second-order valence-electron chi connectivity index (χ2n) is 7.06. The maximum absolute atomic E-state index is 10.2. The van der Waals surface area contributed by atoms with Crippen molar-refractivity contribution < 1.29 is 5.11 Å². The first kappa shape index (κ1) is 13.9. The van der Waals surface area contributed by atoms with Gasteiger partial charge in [-0.25, -0.2) is 0 Å². The molecular weight excluding hydrogens is 274 g/mol. The van der Waals surface area contributed by atoms with E-state index in [2.05, 4.69) is 34.6 Å². The van der Waals surface area contributed by atoms with E-state index in [-0.39, 0.29) is 0 Å². The summed E-state index contributed by atoms with van der Waals surface area (Å²) in [5.74, 6) is 0.635. The highest BCUT2D eigenvalue weighted by Crippen LogP contribution is 2.34. The van der Waals surface area contributed by atoms with Crippen molar-refractivity contribution in [3.63, 3.8) is 0 Å². The van der Waals surface area contributed by atoms with E-state index in [9.17, 15) is 5.11 Å². The van der Waals surface area contributed by atoms with Crippen molar-refractivity contribution in [2.24, 2.45) is 5.92 Å². The van der Waals surface area contributed by atoms with Gasteiger partial charge in [-0.05, 0) is 55.6 Å². The van der Waals surface area contributed by atoms with E-state index in [1.54, 1.807) is 0 Å². The van der Waals surface area contributed by atoms with Crippen molar-refractivity contribution in [1.82, 2.24) is 15.0 Å². The molecule has 4 rings (SSSR count). The van der Waals surface area contributed by atoms with Gasteiger partial charge in [0, 0.05) is 19.2 Å². The normalized spacial score (nSPS) is 22.9. The minimum Gasteiger partial charge on any atom is -0.389 e. The lowest BCUT2D eigenvalue weighted by Gasteiger charge is -2.35. The third-order valence-corrected chi connectivity index (χ3v) is 5.27. The zero-order valence-corrected chi connectivity index (χ0v) is 12.9. The lowest BCUT2D eigenvalue weighted by atomic mass is 9.77. The zero-order chi connectivity index (χ0) is 15.0. The van der Waals surface area contributed by atoms with Crippen LogP contribution >= 0.6 is 0 Å². The van der Waals surface area contributed by atoms with E-state index in [0.717, 1.165) is 37.9 Å². The Balaban J connectivity index is 1.39. The number of fused-ring (bicyclic) bond motifs is 1. The molecule has 0 aliphatic heterocycles. The van der Waals surface area contributed by atoms with E-state index in [4.69, 9.17) is 0 Å². The van der Waals surface area contributed by atoms with Crippen LogP contribution in [0.15, 0.2) is 30.5 Å². The van der Waals surface area contributed by atoms with Crippen molar-refractivity contribution in [2.75, 3.05) is 0 Å². The van der Waals surface area contributed by atoms with Crippen LogP contribution in [0.1, 0.15) is 42.5 Å². The lowest BCUT2D eigenvalue weighted by Crippen LogP contribution is -2.39. The molecule has 2 aliphatic carbocycles. The molecule has 4 nitrogen and oxygen atoms in total. The summed E-state index contributed by atoms with van der Waals surface area (Å²) in [6.45, 7) is 0.930. The van der Waals surface area contributed by atoms with E-state index < -0.39 is 5.60 Å². The standard InChI is InChI=1S/C18H23N3O/c22-18(8-3-9-18)11-17-13-21(20-19-17)12-14-6-7-15-4-1-2-5-16(15)10-14/h1-2,4-5,13-14,22H,3,6-12H2. The molecule has 1 aromatic heterocycles. The molecule has 1 unspecified atom stereocenters. The molecule has 0 radical (unpaired) electrons. The van der Waals surface area contributed by atoms with E-state index in [1.165, 1.54) is 24.0 Å². The molecule has 1 N–H and O–H groups in total. The Morgan fingerprint density at radius 2 is 2.05 bits per heavy atom. The SMILES string of the molecule is OC1(Cc2cn(CC3CCc4ccccc4C3)nn2)CCC1. The molecule has 1 fully saturated rings. The maximum Gasteiger partial charge on any atom is 0.0855 e. The van der Waals surface area contributed by atoms with Crippen LogP contribution in [0.25, 0.3) is 0 Å². The van der Waals surface area contributed by atoms with Crippen LogP contribution in [-0.4, -0.2) is 25.7 Å². The van der Waals surface area contributed by atoms with Crippen LogP contribution < -0.4 is 0 Å². The van der Waals surface area contributed by atoms with Gasteiger partial charge in [-0.3, -0.25) is 4.68 Å². The summed E-state index contributed by atoms with van der Waals surface area (Å²) in [5.41, 5.74) is 3.41. The number of hydrogen-bond acceptors (Lipinski definition) is 3. The van der Waals surface area contributed by atoms with Gasteiger partial charge >= 0.3 is 0 Å². The Morgan fingerprint density at radius 1 is 1.23 bits per heavy atom. The minimum atomic E-state index is -0.509. The van der Waals surface area contributed by atoms with Crippen molar-refractivity contribution in [1.29, 1.82) is 0 Å². The van der Waals surface area contributed by atoms with Crippen molar-refractivity contribution >= 4 is 0 Å². The largest absolute Gasteiger partial charge is 0.389 e. The highest BCUT2D eigenvalue weighted by molar-refractivity contribution is 5.29. The van der Waals surface area contributed by atoms with Crippen LogP contribution in [0.2, 0.25) is 0 Å². The predicted octanol–water partition coefficient (Wildman–Crippen LogP) is 2.54. The molecule has 1 aromatic carbocycles. The topological polar surface area (TPSA) is 50.9 Å². The van der Waals surface area contributed by atoms with Gasteiger partial charge < -0.3 is 5.11 Å². The third-order valence-electron chi connectivity index (χ3n) is 5.27. The van der Waals surface area contributed by atoms with Crippen LogP contribution in [-0.2, 0) is 25.8 Å². The summed E-state index contributed by atoms with van der Waals surface area (Å²) in [4.78, 5) is 0. The first-order valence-corrected chi connectivity index (χ1v) is 8.38. The molecule has 0 saturated heterocycles. The average molecular weight is 297 g/mol. The number of aliphatic hydroxyl groups is 1. The fraction of sp³-hybridized carbons (Fsp3) is 0.556. The molecule has 1 heterocycles. The Morgan fingerprint density at radius 3 is 2.82 bits per heavy atom. The first-order valence-electron chi connectivity index (χ1n) is 8.38. The number of nitrogens with zero attached hydrogens (tertiary/aromatic N) is 3. The van der Waals surface area contributed by atoms with Crippen LogP contribution in [0.3, 0.4) is 0 Å².